The quantitative estimate of drug-likeness (QED) is 0.790. The van der Waals surface area contributed by atoms with Crippen LogP contribution in [0.3, 0.4) is 0 Å². The molecule has 0 saturated carbocycles. The van der Waals surface area contributed by atoms with Crippen molar-refractivity contribution in [2.24, 2.45) is 0 Å². The van der Waals surface area contributed by atoms with Gasteiger partial charge in [-0.1, -0.05) is 11.2 Å². The lowest BCUT2D eigenvalue weighted by atomic mass is 10.2. The summed E-state index contributed by atoms with van der Waals surface area (Å²) < 4.78 is 42.8. The molecule has 0 unspecified atom stereocenters. The van der Waals surface area contributed by atoms with Crippen molar-refractivity contribution in [1.29, 1.82) is 0 Å². The van der Waals surface area contributed by atoms with E-state index in [0.717, 1.165) is 23.9 Å². The van der Waals surface area contributed by atoms with E-state index in [1.165, 1.54) is 12.1 Å². The molecule has 140 valence electrons. The summed E-state index contributed by atoms with van der Waals surface area (Å²) in [5, 5.41) is 7.98. The first-order chi connectivity index (χ1) is 12.1. The van der Waals surface area contributed by atoms with Gasteiger partial charge in [-0.3, -0.25) is 9.59 Å². The molecule has 0 spiro atoms. The van der Waals surface area contributed by atoms with Gasteiger partial charge in [0.1, 0.15) is 5.76 Å². The molecule has 0 saturated heterocycles. The Kier molecular flexibility index (Phi) is 6.30. The van der Waals surface area contributed by atoms with Gasteiger partial charge in [0.15, 0.2) is 5.82 Å². The number of amides is 2. The summed E-state index contributed by atoms with van der Waals surface area (Å²) in [6.07, 6.45) is -4.48. The number of aromatic nitrogens is 1. The minimum absolute atomic E-state index is 0.0422. The summed E-state index contributed by atoms with van der Waals surface area (Å²) in [4.78, 5) is 23.9. The molecule has 0 bridgehead atoms. The van der Waals surface area contributed by atoms with Gasteiger partial charge in [-0.25, -0.2) is 0 Å². The van der Waals surface area contributed by atoms with Crippen LogP contribution in [-0.2, 0) is 15.8 Å². The Bertz CT molecular complexity index is 792. The minimum atomic E-state index is -4.48. The topological polar surface area (TPSA) is 84.2 Å². The van der Waals surface area contributed by atoms with Crippen molar-refractivity contribution >= 4 is 35.1 Å². The van der Waals surface area contributed by atoms with E-state index in [1.54, 1.807) is 19.9 Å². The van der Waals surface area contributed by atoms with Crippen LogP contribution in [0.1, 0.15) is 18.2 Å². The van der Waals surface area contributed by atoms with Gasteiger partial charge in [-0.2, -0.15) is 13.2 Å². The molecule has 1 atom stereocenters. The molecule has 2 rings (SSSR count). The Hall–Kier alpha value is -2.49. The fraction of sp³-hybridized carbons (Fsp3) is 0.312. The van der Waals surface area contributed by atoms with Gasteiger partial charge in [0.25, 0.3) is 0 Å². The summed E-state index contributed by atoms with van der Waals surface area (Å²) >= 11 is 1.04. The van der Waals surface area contributed by atoms with Crippen LogP contribution in [0.4, 0.5) is 24.7 Å². The molecular weight excluding hydrogens is 371 g/mol. The van der Waals surface area contributed by atoms with Crippen LogP contribution in [0.25, 0.3) is 0 Å². The first-order valence-electron chi connectivity index (χ1n) is 7.48. The number of aryl methyl sites for hydroxylation is 1. The minimum Gasteiger partial charge on any atom is -0.360 e. The molecule has 1 aromatic heterocycles. The Balaban J connectivity index is 1.83. The number of anilines is 2. The van der Waals surface area contributed by atoms with Crippen LogP contribution in [0.2, 0.25) is 0 Å². The monoisotopic (exact) mass is 387 g/mol. The number of thioether (sulfide) groups is 1. The predicted molar refractivity (Wildman–Crippen MR) is 91.9 cm³/mol. The summed E-state index contributed by atoms with van der Waals surface area (Å²) in [6.45, 7) is 3.28. The molecule has 1 aromatic carbocycles. The molecule has 6 nitrogen and oxygen atoms in total. The zero-order valence-corrected chi connectivity index (χ0v) is 14.7. The Morgan fingerprint density at radius 1 is 1.27 bits per heavy atom. The molecule has 2 aromatic rings. The summed E-state index contributed by atoms with van der Waals surface area (Å²) in [5.41, 5.74) is -0.806. The number of hydrogen-bond donors (Lipinski definition) is 2. The van der Waals surface area contributed by atoms with Crippen LogP contribution < -0.4 is 10.6 Å². The summed E-state index contributed by atoms with van der Waals surface area (Å²) in [6, 6.07) is 5.89. The largest absolute Gasteiger partial charge is 0.416 e. The third-order valence-electron chi connectivity index (χ3n) is 3.19. The third-order valence-corrected chi connectivity index (χ3v) is 4.33. The molecule has 1 heterocycles. The van der Waals surface area contributed by atoms with E-state index in [4.69, 9.17) is 4.52 Å². The van der Waals surface area contributed by atoms with Gasteiger partial charge in [0, 0.05) is 11.8 Å². The summed E-state index contributed by atoms with van der Waals surface area (Å²) in [7, 11) is 0. The maximum absolute atomic E-state index is 12.7. The van der Waals surface area contributed by atoms with E-state index in [2.05, 4.69) is 15.8 Å². The number of halogens is 3. The highest BCUT2D eigenvalue weighted by molar-refractivity contribution is 8.01. The third kappa shape index (κ3) is 5.80. The number of benzene rings is 1. The summed E-state index contributed by atoms with van der Waals surface area (Å²) in [5.74, 6) is -0.154. The standard InChI is InChI=1S/C16H16F3N3O3S/c1-9-6-13(22-25-9)21-15(24)10(2)26-8-14(23)20-12-5-3-4-11(7-12)16(17,18)19/h3-7,10H,8H2,1-2H3,(H,20,23)(H,21,22,24)/t10-/m0/s1. The van der Waals surface area contributed by atoms with Crippen LogP contribution in [0.15, 0.2) is 34.9 Å². The first-order valence-corrected chi connectivity index (χ1v) is 8.53. The first kappa shape index (κ1) is 19.8. The van der Waals surface area contributed by atoms with E-state index in [-0.39, 0.29) is 23.2 Å². The van der Waals surface area contributed by atoms with E-state index in [1.807, 2.05) is 0 Å². The van der Waals surface area contributed by atoms with Crippen molar-refractivity contribution in [1.82, 2.24) is 5.16 Å². The van der Waals surface area contributed by atoms with Crippen LogP contribution >= 0.6 is 11.8 Å². The van der Waals surface area contributed by atoms with Gasteiger partial charge in [-0.05, 0) is 32.0 Å². The average Bonchev–Trinajstić information content (AvgIpc) is 2.97. The van der Waals surface area contributed by atoms with Crippen LogP contribution in [0, 0.1) is 6.92 Å². The molecule has 2 N–H and O–H groups in total. The van der Waals surface area contributed by atoms with Gasteiger partial charge >= 0.3 is 6.18 Å². The van der Waals surface area contributed by atoms with Crippen LogP contribution in [0.5, 0.6) is 0 Å². The molecule has 0 aliphatic carbocycles. The number of rotatable bonds is 6. The Labute approximate surface area is 151 Å². The second-order valence-corrected chi connectivity index (χ2v) is 6.72. The van der Waals surface area contributed by atoms with Gasteiger partial charge in [0.05, 0.1) is 16.6 Å². The maximum atomic E-state index is 12.7. The van der Waals surface area contributed by atoms with Crippen molar-refractivity contribution < 1.29 is 27.3 Å². The smallest absolute Gasteiger partial charge is 0.360 e. The SMILES string of the molecule is Cc1cc(NC(=O)[C@H](C)SCC(=O)Nc2cccc(C(F)(F)F)c2)no1. The normalized spacial score (nSPS) is 12.5. The highest BCUT2D eigenvalue weighted by atomic mass is 32.2. The zero-order valence-electron chi connectivity index (χ0n) is 13.9. The van der Waals surface area contributed by atoms with Crippen molar-refractivity contribution in [3.05, 3.63) is 41.7 Å². The highest BCUT2D eigenvalue weighted by Crippen LogP contribution is 2.30. The van der Waals surface area contributed by atoms with Gasteiger partial charge in [-0.15, -0.1) is 11.8 Å². The molecular formula is C16H16F3N3O3S. The molecule has 26 heavy (non-hydrogen) atoms. The molecule has 0 aliphatic heterocycles. The highest BCUT2D eigenvalue weighted by Gasteiger charge is 2.30. The Morgan fingerprint density at radius 2 is 2.00 bits per heavy atom. The van der Waals surface area contributed by atoms with E-state index in [9.17, 15) is 22.8 Å². The number of alkyl halides is 3. The van der Waals surface area contributed by atoms with E-state index in [0.29, 0.717) is 5.76 Å². The maximum Gasteiger partial charge on any atom is 0.416 e. The Morgan fingerprint density at radius 3 is 2.62 bits per heavy atom. The van der Waals surface area contributed by atoms with Crippen molar-refractivity contribution in [2.75, 3.05) is 16.4 Å². The lowest BCUT2D eigenvalue weighted by molar-refractivity contribution is -0.137. The van der Waals surface area contributed by atoms with Crippen molar-refractivity contribution in [3.63, 3.8) is 0 Å². The molecule has 0 aliphatic rings. The predicted octanol–water partition coefficient (Wildman–Crippen LogP) is 3.70. The molecule has 0 fully saturated rings. The number of hydrogen-bond acceptors (Lipinski definition) is 5. The van der Waals surface area contributed by atoms with Crippen molar-refractivity contribution in [2.45, 2.75) is 25.3 Å². The molecule has 2 amide bonds. The second kappa shape index (κ2) is 8.26. The lowest BCUT2D eigenvalue weighted by Crippen LogP contribution is -2.25. The molecule has 0 radical (unpaired) electrons. The number of carbonyl (C=O) groups is 2. The lowest BCUT2D eigenvalue weighted by Gasteiger charge is -2.12. The number of nitrogens with one attached hydrogen (secondary N) is 2. The molecule has 10 heteroatoms. The fourth-order valence-electron chi connectivity index (χ4n) is 1.90. The number of nitrogens with zero attached hydrogens (tertiary/aromatic N) is 1. The number of carbonyl (C=O) groups excluding carboxylic acids is 2. The van der Waals surface area contributed by atoms with Gasteiger partial charge in [0.2, 0.25) is 11.8 Å². The van der Waals surface area contributed by atoms with Crippen molar-refractivity contribution in [3.8, 4) is 0 Å². The van der Waals surface area contributed by atoms with E-state index < -0.39 is 22.9 Å². The zero-order chi connectivity index (χ0) is 19.3. The average molecular weight is 387 g/mol. The second-order valence-electron chi connectivity index (χ2n) is 5.39. The van der Waals surface area contributed by atoms with Crippen LogP contribution in [-0.4, -0.2) is 28.0 Å². The fourth-order valence-corrected chi connectivity index (χ4v) is 2.58. The van der Waals surface area contributed by atoms with Gasteiger partial charge < -0.3 is 15.2 Å². The van der Waals surface area contributed by atoms with E-state index >= 15 is 0 Å².